The molecule has 7 heteroatoms. The van der Waals surface area contributed by atoms with E-state index < -0.39 is 0 Å². The highest BCUT2D eigenvalue weighted by atomic mass is 16.5. The monoisotopic (exact) mass is 426 g/mol. The summed E-state index contributed by atoms with van der Waals surface area (Å²) >= 11 is 0. The minimum Gasteiger partial charge on any atom is -0.497 e. The van der Waals surface area contributed by atoms with Crippen molar-refractivity contribution in [1.82, 2.24) is 25.3 Å². The maximum Gasteiger partial charge on any atom is 0.191 e. The summed E-state index contributed by atoms with van der Waals surface area (Å²) in [4.78, 5) is 7.02. The van der Waals surface area contributed by atoms with Gasteiger partial charge in [0.25, 0.3) is 0 Å². The molecule has 0 spiro atoms. The summed E-state index contributed by atoms with van der Waals surface area (Å²) in [6.45, 7) is 9.02. The van der Waals surface area contributed by atoms with Crippen LogP contribution in [-0.4, -0.2) is 61.0 Å². The maximum atomic E-state index is 5.34. The van der Waals surface area contributed by atoms with Gasteiger partial charge in [0.05, 0.1) is 18.8 Å². The van der Waals surface area contributed by atoms with E-state index in [0.717, 1.165) is 56.5 Å². The third-order valence-electron chi connectivity index (χ3n) is 5.96. The lowest BCUT2D eigenvalue weighted by atomic mass is 10.0. The summed E-state index contributed by atoms with van der Waals surface area (Å²) in [5.74, 6) is 1.75. The van der Waals surface area contributed by atoms with Crippen molar-refractivity contribution >= 4 is 5.96 Å². The Morgan fingerprint density at radius 3 is 2.48 bits per heavy atom. The van der Waals surface area contributed by atoms with Gasteiger partial charge in [-0.05, 0) is 70.0 Å². The average Bonchev–Trinajstić information content (AvgIpc) is 3.13. The van der Waals surface area contributed by atoms with Crippen molar-refractivity contribution in [3.63, 3.8) is 0 Å². The number of aliphatic imine (C=N–C) groups is 1. The molecule has 170 valence electrons. The van der Waals surface area contributed by atoms with Crippen LogP contribution in [0.15, 0.2) is 35.3 Å². The summed E-state index contributed by atoms with van der Waals surface area (Å²) in [6, 6.07) is 10.9. The van der Waals surface area contributed by atoms with Crippen LogP contribution in [0.2, 0.25) is 0 Å². The Morgan fingerprint density at radius 2 is 1.87 bits per heavy atom. The number of methoxy groups -OCH3 is 1. The van der Waals surface area contributed by atoms with Gasteiger partial charge in [-0.3, -0.25) is 14.6 Å². The first-order valence-corrected chi connectivity index (χ1v) is 11.4. The van der Waals surface area contributed by atoms with E-state index in [4.69, 9.17) is 4.74 Å². The van der Waals surface area contributed by atoms with Crippen LogP contribution in [0.1, 0.15) is 48.7 Å². The van der Waals surface area contributed by atoms with Crippen LogP contribution in [0.3, 0.4) is 0 Å². The van der Waals surface area contributed by atoms with Crippen LogP contribution in [-0.2, 0) is 6.54 Å². The number of hydrogen-bond acceptors (Lipinski definition) is 4. The molecule has 1 atom stereocenters. The summed E-state index contributed by atoms with van der Waals surface area (Å²) < 4.78 is 7.41. The van der Waals surface area contributed by atoms with Crippen LogP contribution >= 0.6 is 0 Å². The van der Waals surface area contributed by atoms with E-state index in [2.05, 4.69) is 67.6 Å². The number of guanidine groups is 1. The van der Waals surface area contributed by atoms with Gasteiger partial charge in [-0.15, -0.1) is 0 Å². The molecule has 2 aromatic rings. The summed E-state index contributed by atoms with van der Waals surface area (Å²) in [6.07, 6.45) is 4.87. The van der Waals surface area contributed by atoms with Gasteiger partial charge in [0.2, 0.25) is 0 Å². The van der Waals surface area contributed by atoms with E-state index >= 15 is 0 Å². The molecule has 1 fully saturated rings. The van der Waals surface area contributed by atoms with E-state index in [1.807, 2.05) is 14.0 Å². The molecule has 1 unspecified atom stereocenters. The maximum absolute atomic E-state index is 5.34. The molecule has 2 heterocycles. The number of benzene rings is 1. The molecule has 7 nitrogen and oxygen atoms in total. The van der Waals surface area contributed by atoms with E-state index in [1.54, 1.807) is 7.11 Å². The molecule has 1 aliphatic rings. The zero-order valence-electron chi connectivity index (χ0n) is 19.5. The van der Waals surface area contributed by atoms with Crippen molar-refractivity contribution in [3.05, 3.63) is 47.3 Å². The van der Waals surface area contributed by atoms with Crippen LogP contribution in [0, 0.1) is 13.8 Å². The average molecular weight is 427 g/mol. The molecule has 1 saturated heterocycles. The topological polar surface area (TPSA) is 66.7 Å². The van der Waals surface area contributed by atoms with Crippen LogP contribution < -0.4 is 15.4 Å². The second kappa shape index (κ2) is 11.7. The van der Waals surface area contributed by atoms with Gasteiger partial charge in [-0.25, -0.2) is 0 Å². The van der Waals surface area contributed by atoms with E-state index in [9.17, 15) is 0 Å². The fourth-order valence-electron chi connectivity index (χ4n) is 4.26. The predicted octanol–water partition coefficient (Wildman–Crippen LogP) is 3.29. The van der Waals surface area contributed by atoms with E-state index in [-0.39, 0.29) is 0 Å². The standard InChI is InChI=1S/C24H38N6O/c1-19-17-20(2)30(28-19)16-8-13-26-24(25-3)27-18-23(29-14-6-5-7-15-29)21-9-11-22(31-4)12-10-21/h9-12,17,23H,5-8,13-16,18H2,1-4H3,(H2,25,26,27). The van der Waals surface area contributed by atoms with Crippen LogP contribution in [0.5, 0.6) is 5.75 Å². The zero-order valence-corrected chi connectivity index (χ0v) is 19.5. The van der Waals surface area contributed by atoms with Gasteiger partial charge in [0.15, 0.2) is 5.96 Å². The normalized spacial score (nSPS) is 16.2. The number of nitrogens with one attached hydrogen (secondary N) is 2. The minimum absolute atomic E-state index is 0.319. The fourth-order valence-corrected chi connectivity index (χ4v) is 4.26. The molecule has 0 bridgehead atoms. The first kappa shape index (κ1) is 23.1. The number of aromatic nitrogens is 2. The predicted molar refractivity (Wildman–Crippen MR) is 127 cm³/mol. The summed E-state index contributed by atoms with van der Waals surface area (Å²) in [7, 11) is 3.54. The highest BCUT2D eigenvalue weighted by Crippen LogP contribution is 2.25. The number of aryl methyl sites for hydroxylation is 3. The zero-order chi connectivity index (χ0) is 22.1. The Labute approximate surface area is 186 Å². The molecule has 0 radical (unpaired) electrons. The molecule has 31 heavy (non-hydrogen) atoms. The quantitative estimate of drug-likeness (QED) is 0.366. The highest BCUT2D eigenvalue weighted by molar-refractivity contribution is 5.79. The molecule has 0 aliphatic carbocycles. The Balaban J connectivity index is 1.53. The number of rotatable bonds is 9. The van der Waals surface area contributed by atoms with Crippen molar-refractivity contribution in [3.8, 4) is 5.75 Å². The largest absolute Gasteiger partial charge is 0.497 e. The van der Waals surface area contributed by atoms with Gasteiger partial charge >= 0.3 is 0 Å². The number of hydrogen-bond donors (Lipinski definition) is 2. The molecule has 2 N–H and O–H groups in total. The van der Waals surface area contributed by atoms with Crippen molar-refractivity contribution in [2.24, 2.45) is 4.99 Å². The third kappa shape index (κ3) is 6.72. The summed E-state index contributed by atoms with van der Waals surface area (Å²) in [5, 5.41) is 11.5. The van der Waals surface area contributed by atoms with Crippen molar-refractivity contribution in [1.29, 1.82) is 0 Å². The Morgan fingerprint density at radius 1 is 1.13 bits per heavy atom. The van der Waals surface area contributed by atoms with Gasteiger partial charge < -0.3 is 15.4 Å². The Hall–Kier alpha value is -2.54. The highest BCUT2D eigenvalue weighted by Gasteiger charge is 2.22. The number of likely N-dealkylation sites (tertiary alicyclic amines) is 1. The molecule has 1 aromatic heterocycles. The lowest BCUT2D eigenvalue weighted by Crippen LogP contribution is -2.44. The van der Waals surface area contributed by atoms with E-state index in [0.29, 0.717) is 6.04 Å². The third-order valence-corrected chi connectivity index (χ3v) is 5.96. The molecule has 1 aromatic carbocycles. The van der Waals surface area contributed by atoms with Gasteiger partial charge in [0, 0.05) is 32.4 Å². The number of ether oxygens (including phenoxy) is 1. The van der Waals surface area contributed by atoms with Crippen LogP contribution in [0.4, 0.5) is 0 Å². The van der Waals surface area contributed by atoms with Gasteiger partial charge in [-0.1, -0.05) is 18.6 Å². The first-order valence-electron chi connectivity index (χ1n) is 11.4. The minimum atomic E-state index is 0.319. The van der Waals surface area contributed by atoms with Gasteiger partial charge in [-0.2, -0.15) is 5.10 Å². The Bertz CT molecular complexity index is 823. The smallest absolute Gasteiger partial charge is 0.191 e. The molecule has 3 rings (SSSR count). The van der Waals surface area contributed by atoms with Gasteiger partial charge in [0.1, 0.15) is 5.75 Å². The van der Waals surface area contributed by atoms with Crippen molar-refractivity contribution in [2.45, 2.75) is 52.1 Å². The van der Waals surface area contributed by atoms with Crippen LogP contribution in [0.25, 0.3) is 0 Å². The molecule has 0 amide bonds. The lowest BCUT2D eigenvalue weighted by molar-refractivity contribution is 0.164. The molecular weight excluding hydrogens is 388 g/mol. The first-order chi connectivity index (χ1) is 15.1. The van der Waals surface area contributed by atoms with E-state index in [1.165, 1.54) is 30.5 Å². The molecular formula is C24H38N6O. The fraction of sp³-hybridized carbons (Fsp3) is 0.583. The SMILES string of the molecule is CN=C(NCCCn1nc(C)cc1C)NCC(c1ccc(OC)cc1)N1CCCCC1. The second-order valence-corrected chi connectivity index (χ2v) is 8.27. The number of nitrogens with zero attached hydrogens (tertiary/aromatic N) is 4. The Kier molecular flexibility index (Phi) is 8.76. The van der Waals surface area contributed by atoms with Crippen molar-refractivity contribution < 1.29 is 4.74 Å². The lowest BCUT2D eigenvalue weighted by Gasteiger charge is -2.35. The molecule has 0 saturated carbocycles. The van der Waals surface area contributed by atoms with Crippen molar-refractivity contribution in [2.75, 3.05) is 40.3 Å². The number of piperidine rings is 1. The second-order valence-electron chi connectivity index (χ2n) is 8.27. The summed E-state index contributed by atoms with van der Waals surface area (Å²) in [5.41, 5.74) is 3.60. The molecule has 1 aliphatic heterocycles.